The van der Waals surface area contributed by atoms with Gasteiger partial charge < -0.3 is 9.47 Å². The van der Waals surface area contributed by atoms with Crippen LogP contribution in [0.15, 0.2) is 35.9 Å². The summed E-state index contributed by atoms with van der Waals surface area (Å²) in [5.41, 5.74) is 2.50. The van der Waals surface area contributed by atoms with E-state index in [1.165, 1.54) is 11.1 Å². The van der Waals surface area contributed by atoms with Gasteiger partial charge >= 0.3 is 17.8 Å². The van der Waals surface area contributed by atoms with Crippen LogP contribution in [0.5, 0.6) is 0 Å². The molecule has 0 N–H and O–H groups in total. The Hall–Kier alpha value is -2.14. The van der Waals surface area contributed by atoms with Crippen molar-refractivity contribution in [2.75, 3.05) is 6.54 Å². The van der Waals surface area contributed by atoms with Crippen molar-refractivity contribution in [1.82, 2.24) is 4.90 Å². The van der Waals surface area contributed by atoms with Crippen molar-refractivity contribution in [3.05, 3.63) is 41.5 Å². The molecule has 0 aromatic heterocycles. The average molecular weight is 341 g/mol. The van der Waals surface area contributed by atoms with Crippen LogP contribution in [0.3, 0.4) is 0 Å². The highest BCUT2D eigenvalue weighted by atomic mass is 16.8. The zero-order valence-corrected chi connectivity index (χ0v) is 14.3. The van der Waals surface area contributed by atoms with Gasteiger partial charge in [-0.1, -0.05) is 48.4 Å². The molecule has 4 rings (SSSR count). The van der Waals surface area contributed by atoms with Gasteiger partial charge in [0.05, 0.1) is 19.3 Å². The zero-order valence-electron chi connectivity index (χ0n) is 14.3. The van der Waals surface area contributed by atoms with Crippen molar-refractivity contribution in [3.63, 3.8) is 0 Å². The third-order valence-electron chi connectivity index (χ3n) is 5.33. The van der Waals surface area contributed by atoms with Crippen LogP contribution in [-0.2, 0) is 19.1 Å². The Morgan fingerprint density at radius 1 is 1.00 bits per heavy atom. The molecule has 0 amide bonds. The molecule has 25 heavy (non-hydrogen) atoms. The van der Waals surface area contributed by atoms with Crippen molar-refractivity contribution < 1.29 is 19.1 Å². The molecule has 132 valence electrons. The first-order valence-corrected chi connectivity index (χ1v) is 9.12. The Labute approximate surface area is 147 Å². The predicted octanol–water partition coefficient (Wildman–Crippen LogP) is 3.25. The number of esters is 2. The van der Waals surface area contributed by atoms with Gasteiger partial charge in [-0.3, -0.25) is 9.59 Å². The smallest absolute Gasteiger partial charge is 0.322 e. The van der Waals surface area contributed by atoms with E-state index in [2.05, 4.69) is 23.1 Å². The molecule has 3 fully saturated rings. The van der Waals surface area contributed by atoms with Gasteiger partial charge in [0.1, 0.15) is 0 Å². The molecule has 2 saturated heterocycles. The Bertz CT molecular complexity index is 679. The van der Waals surface area contributed by atoms with E-state index in [9.17, 15) is 9.59 Å². The SMILES string of the molecule is O=C1CCC(=O)OC2(CCN2C2CCCC/C2=C\c2ccccc2)O1. The summed E-state index contributed by atoms with van der Waals surface area (Å²) >= 11 is 0. The van der Waals surface area contributed by atoms with Crippen LogP contribution < -0.4 is 0 Å². The molecule has 1 aromatic rings. The molecular weight excluding hydrogens is 318 g/mol. The quantitative estimate of drug-likeness (QED) is 0.773. The lowest BCUT2D eigenvalue weighted by Gasteiger charge is -2.53. The molecule has 1 aliphatic carbocycles. The molecule has 5 heteroatoms. The summed E-state index contributed by atoms with van der Waals surface area (Å²) in [6.07, 6.45) is 7.30. The monoisotopic (exact) mass is 341 g/mol. The zero-order chi connectivity index (χ0) is 17.3. The number of rotatable bonds is 2. The molecule has 1 spiro atoms. The maximum absolute atomic E-state index is 11.9. The van der Waals surface area contributed by atoms with Gasteiger partial charge in [0, 0.05) is 12.6 Å². The topological polar surface area (TPSA) is 55.8 Å². The largest absolute Gasteiger partial charge is 0.408 e. The minimum atomic E-state index is -1.18. The number of hydrogen-bond donors (Lipinski definition) is 0. The van der Waals surface area contributed by atoms with Crippen LogP contribution in [-0.4, -0.2) is 35.3 Å². The second-order valence-corrected chi connectivity index (χ2v) is 7.00. The first-order valence-electron chi connectivity index (χ1n) is 9.12. The van der Waals surface area contributed by atoms with Gasteiger partial charge in [0.25, 0.3) is 0 Å². The van der Waals surface area contributed by atoms with Crippen LogP contribution in [0.25, 0.3) is 6.08 Å². The van der Waals surface area contributed by atoms with Crippen LogP contribution in [0.2, 0.25) is 0 Å². The third-order valence-corrected chi connectivity index (χ3v) is 5.33. The van der Waals surface area contributed by atoms with Gasteiger partial charge in [0.15, 0.2) is 0 Å². The van der Waals surface area contributed by atoms with Crippen molar-refractivity contribution in [2.24, 2.45) is 0 Å². The van der Waals surface area contributed by atoms with E-state index in [0.717, 1.165) is 32.2 Å². The molecule has 1 saturated carbocycles. The van der Waals surface area contributed by atoms with Crippen molar-refractivity contribution in [1.29, 1.82) is 0 Å². The minimum Gasteiger partial charge on any atom is -0.408 e. The van der Waals surface area contributed by atoms with Crippen LogP contribution in [0.4, 0.5) is 0 Å². The van der Waals surface area contributed by atoms with Crippen LogP contribution >= 0.6 is 0 Å². The van der Waals surface area contributed by atoms with Gasteiger partial charge in [-0.05, 0) is 24.8 Å². The van der Waals surface area contributed by atoms with E-state index < -0.39 is 5.91 Å². The van der Waals surface area contributed by atoms with Crippen molar-refractivity contribution in [2.45, 2.75) is 56.9 Å². The highest BCUT2D eigenvalue weighted by molar-refractivity contribution is 5.80. The Balaban J connectivity index is 1.61. The molecule has 5 nitrogen and oxygen atoms in total. The van der Waals surface area contributed by atoms with E-state index in [4.69, 9.17) is 9.47 Å². The average Bonchev–Trinajstić information content (AvgIpc) is 2.77. The number of hydrogen-bond acceptors (Lipinski definition) is 5. The lowest BCUT2D eigenvalue weighted by atomic mass is 9.85. The van der Waals surface area contributed by atoms with E-state index in [-0.39, 0.29) is 30.8 Å². The Morgan fingerprint density at radius 3 is 2.36 bits per heavy atom. The lowest BCUT2D eigenvalue weighted by molar-refractivity contribution is -0.334. The van der Waals surface area contributed by atoms with Crippen molar-refractivity contribution >= 4 is 18.0 Å². The molecule has 1 atom stereocenters. The van der Waals surface area contributed by atoms with Crippen molar-refractivity contribution in [3.8, 4) is 0 Å². The Kier molecular flexibility index (Phi) is 4.34. The third kappa shape index (κ3) is 3.21. The second kappa shape index (κ2) is 6.64. The number of carbonyl (C=O) groups is 2. The van der Waals surface area contributed by atoms with E-state index >= 15 is 0 Å². The summed E-state index contributed by atoms with van der Waals surface area (Å²) in [5.74, 6) is -1.87. The van der Waals surface area contributed by atoms with E-state index in [1.54, 1.807) is 0 Å². The maximum atomic E-state index is 11.9. The molecule has 1 unspecified atom stereocenters. The minimum absolute atomic E-state index is 0.103. The molecule has 0 bridgehead atoms. The first-order chi connectivity index (χ1) is 12.2. The first kappa shape index (κ1) is 16.3. The maximum Gasteiger partial charge on any atom is 0.322 e. The van der Waals surface area contributed by atoms with Gasteiger partial charge in [-0.25, -0.2) is 4.90 Å². The normalized spacial score (nSPS) is 28.2. The number of benzene rings is 1. The van der Waals surface area contributed by atoms with E-state index in [1.807, 2.05) is 18.2 Å². The number of carbonyl (C=O) groups excluding carboxylic acids is 2. The molecule has 0 radical (unpaired) electrons. The highest BCUT2D eigenvalue weighted by Crippen LogP contribution is 2.43. The number of nitrogens with zero attached hydrogens (tertiary/aromatic N) is 1. The summed E-state index contributed by atoms with van der Waals surface area (Å²) in [6, 6.07) is 10.4. The van der Waals surface area contributed by atoms with Gasteiger partial charge in [0.2, 0.25) is 0 Å². The van der Waals surface area contributed by atoms with Gasteiger partial charge in [-0.15, -0.1) is 0 Å². The fourth-order valence-corrected chi connectivity index (χ4v) is 4.03. The summed E-state index contributed by atoms with van der Waals surface area (Å²) in [4.78, 5) is 26.0. The summed E-state index contributed by atoms with van der Waals surface area (Å²) < 4.78 is 11.2. The number of likely N-dealkylation sites (tertiary alicyclic amines) is 1. The molecule has 2 aliphatic heterocycles. The highest BCUT2D eigenvalue weighted by Gasteiger charge is 2.56. The fourth-order valence-electron chi connectivity index (χ4n) is 4.03. The van der Waals surface area contributed by atoms with Crippen LogP contribution in [0, 0.1) is 0 Å². The molecular formula is C20H23NO4. The predicted molar refractivity (Wildman–Crippen MR) is 92.1 cm³/mol. The summed E-state index contributed by atoms with van der Waals surface area (Å²) in [6.45, 7) is 0.775. The summed E-state index contributed by atoms with van der Waals surface area (Å²) in [7, 11) is 0. The Morgan fingerprint density at radius 2 is 1.72 bits per heavy atom. The lowest BCUT2D eigenvalue weighted by Crippen LogP contribution is -2.67. The standard InChI is InChI=1S/C20H23NO4/c22-18-10-11-19(23)25-20(24-18)12-13-21(20)17-9-5-4-8-16(17)14-15-6-2-1-3-7-15/h1-3,6-7,14,17H,4-5,8-13H2/b16-14+. The summed E-state index contributed by atoms with van der Waals surface area (Å²) in [5, 5.41) is 0. The van der Waals surface area contributed by atoms with E-state index in [0.29, 0.717) is 6.42 Å². The van der Waals surface area contributed by atoms with Gasteiger partial charge in [-0.2, -0.15) is 0 Å². The number of ether oxygens (including phenoxy) is 2. The second-order valence-electron chi connectivity index (χ2n) is 7.00. The molecule has 2 heterocycles. The molecule has 1 aromatic carbocycles. The molecule has 3 aliphatic rings. The fraction of sp³-hybridized carbons (Fsp3) is 0.500. The van der Waals surface area contributed by atoms with Crippen LogP contribution in [0.1, 0.15) is 50.5 Å².